The molecule has 4 aromatic rings. The van der Waals surface area contributed by atoms with Gasteiger partial charge in [0.15, 0.2) is 0 Å². The second-order valence-corrected chi connectivity index (χ2v) is 11.3. The molecule has 0 aliphatic carbocycles. The van der Waals surface area contributed by atoms with Crippen molar-refractivity contribution in [2.24, 2.45) is 0 Å². The zero-order chi connectivity index (χ0) is 28.9. The van der Waals surface area contributed by atoms with Crippen LogP contribution in [-0.4, -0.2) is 57.9 Å². The van der Waals surface area contributed by atoms with Crippen molar-refractivity contribution in [1.29, 1.82) is 0 Å². The summed E-state index contributed by atoms with van der Waals surface area (Å²) in [4.78, 5) is 35.1. The summed E-state index contributed by atoms with van der Waals surface area (Å²) in [7, 11) is 1.39. The highest BCUT2D eigenvalue weighted by atomic mass is 35.5. The summed E-state index contributed by atoms with van der Waals surface area (Å²) in [5.41, 5.74) is 1.51. The van der Waals surface area contributed by atoms with Gasteiger partial charge in [-0.1, -0.05) is 23.7 Å². The number of methoxy groups -OCH3 is 1. The van der Waals surface area contributed by atoms with Gasteiger partial charge < -0.3 is 19.7 Å². The molecule has 1 N–H and O–H groups in total. The number of hydrogen-bond acceptors (Lipinski definition) is 8. The molecular formula is C27H23ClF3N5O4S. The smallest absolute Gasteiger partial charge is 0.427 e. The van der Waals surface area contributed by atoms with E-state index in [1.54, 1.807) is 41.3 Å². The molecule has 14 heteroatoms. The molecule has 0 bridgehead atoms. The van der Waals surface area contributed by atoms with E-state index in [1.165, 1.54) is 11.7 Å². The number of piperidine rings is 1. The molecule has 9 nitrogen and oxygen atoms in total. The lowest BCUT2D eigenvalue weighted by atomic mass is 9.97. The van der Waals surface area contributed by atoms with Crippen molar-refractivity contribution < 1.29 is 27.4 Å². The van der Waals surface area contributed by atoms with Gasteiger partial charge in [0.05, 0.1) is 36.8 Å². The quantitative estimate of drug-likeness (QED) is 0.304. The second-order valence-electron chi connectivity index (χ2n) is 9.85. The fourth-order valence-corrected chi connectivity index (χ4v) is 6.13. The van der Waals surface area contributed by atoms with Crippen LogP contribution in [0.5, 0.6) is 6.01 Å². The van der Waals surface area contributed by atoms with Crippen molar-refractivity contribution in [3.8, 4) is 16.6 Å². The van der Waals surface area contributed by atoms with Crippen molar-refractivity contribution in [2.75, 3.05) is 25.6 Å². The lowest BCUT2D eigenvalue weighted by Gasteiger charge is -2.33. The lowest BCUT2D eigenvalue weighted by Crippen LogP contribution is -2.45. The number of cyclic esters (lactones) is 1. The van der Waals surface area contributed by atoms with Crippen LogP contribution in [0.3, 0.4) is 0 Å². The van der Waals surface area contributed by atoms with E-state index in [1.807, 2.05) is 0 Å². The number of thiazole rings is 1. The van der Waals surface area contributed by atoms with Crippen LogP contribution in [0.2, 0.25) is 5.02 Å². The minimum atomic E-state index is -4.54. The number of ether oxygens (including phenoxy) is 2. The Morgan fingerprint density at radius 2 is 2.00 bits per heavy atom. The Bertz CT molecular complexity index is 1690. The predicted octanol–water partition coefficient (Wildman–Crippen LogP) is 5.64. The fourth-order valence-electron chi connectivity index (χ4n) is 5.19. The number of hydrogen-bond donors (Lipinski definition) is 1. The summed E-state index contributed by atoms with van der Waals surface area (Å²) in [6, 6.07) is 10.0. The first-order chi connectivity index (χ1) is 19.6. The number of fused-ring (bicyclic) bond motifs is 2. The molecular weight excluding hydrogens is 583 g/mol. The van der Waals surface area contributed by atoms with Crippen LogP contribution in [0.25, 0.3) is 21.5 Å². The third-order valence-corrected chi connectivity index (χ3v) is 8.55. The molecule has 0 radical (unpaired) electrons. The molecule has 214 valence electrons. The number of carbonyl (C=O) groups is 1. The first kappa shape index (κ1) is 27.3. The van der Waals surface area contributed by atoms with Gasteiger partial charge >= 0.3 is 12.3 Å². The van der Waals surface area contributed by atoms with E-state index in [9.17, 15) is 22.8 Å². The Kier molecular flexibility index (Phi) is 7.02. The van der Waals surface area contributed by atoms with Crippen LogP contribution in [0.1, 0.15) is 23.3 Å². The van der Waals surface area contributed by atoms with E-state index in [-0.39, 0.29) is 58.8 Å². The molecule has 2 aliphatic rings. The number of anilines is 1. The first-order valence-electron chi connectivity index (χ1n) is 12.7. The normalized spacial score (nSPS) is 18.9. The summed E-state index contributed by atoms with van der Waals surface area (Å²) in [5.74, 6) is 0. The Morgan fingerprint density at radius 1 is 1.22 bits per heavy atom. The number of amides is 1. The molecule has 0 spiro atoms. The number of carbonyl (C=O) groups excluding carboxylic acids is 1. The summed E-state index contributed by atoms with van der Waals surface area (Å²) in [6.07, 6.45) is -2.92. The molecule has 1 amide bonds. The van der Waals surface area contributed by atoms with Crippen molar-refractivity contribution >= 4 is 45.6 Å². The van der Waals surface area contributed by atoms with Crippen LogP contribution in [-0.2, 0) is 17.5 Å². The Morgan fingerprint density at radius 3 is 2.71 bits per heavy atom. The van der Waals surface area contributed by atoms with Crippen molar-refractivity contribution in [2.45, 2.75) is 37.6 Å². The summed E-state index contributed by atoms with van der Waals surface area (Å²) in [6.45, 7) is 0.927. The van der Waals surface area contributed by atoms with Crippen LogP contribution >= 0.6 is 22.9 Å². The third-order valence-electron chi connectivity index (χ3n) is 7.22. The minimum Gasteiger partial charge on any atom is -0.468 e. The number of halogens is 4. The lowest BCUT2D eigenvalue weighted by molar-refractivity contribution is -0.134. The molecule has 6 rings (SSSR count). The molecule has 2 aliphatic heterocycles. The molecule has 2 fully saturated rings. The zero-order valence-corrected chi connectivity index (χ0v) is 23.1. The first-order valence-corrected chi connectivity index (χ1v) is 13.9. The number of rotatable bonds is 6. The molecule has 2 aromatic heterocycles. The van der Waals surface area contributed by atoms with Gasteiger partial charge in [-0.25, -0.2) is 9.78 Å². The topological polar surface area (TPSA) is 98.6 Å². The van der Waals surface area contributed by atoms with Gasteiger partial charge in [0.25, 0.3) is 11.6 Å². The number of benzene rings is 2. The van der Waals surface area contributed by atoms with E-state index in [0.29, 0.717) is 47.0 Å². The van der Waals surface area contributed by atoms with Crippen LogP contribution in [0.4, 0.5) is 23.7 Å². The highest BCUT2D eigenvalue weighted by molar-refractivity contribution is 7.15. The number of nitrogens with zero attached hydrogens (tertiary/aromatic N) is 4. The second kappa shape index (κ2) is 10.5. The van der Waals surface area contributed by atoms with Gasteiger partial charge in [-0.2, -0.15) is 18.2 Å². The van der Waals surface area contributed by atoms with Gasteiger partial charge in [-0.3, -0.25) is 9.36 Å². The van der Waals surface area contributed by atoms with E-state index >= 15 is 0 Å². The van der Waals surface area contributed by atoms with Crippen LogP contribution in [0.15, 0.2) is 47.4 Å². The van der Waals surface area contributed by atoms with Gasteiger partial charge in [0.1, 0.15) is 16.5 Å². The number of aromatic nitrogens is 3. The van der Waals surface area contributed by atoms with E-state index in [4.69, 9.17) is 21.1 Å². The zero-order valence-electron chi connectivity index (χ0n) is 21.6. The summed E-state index contributed by atoms with van der Waals surface area (Å²) >= 11 is 6.51. The third kappa shape index (κ3) is 5.31. The summed E-state index contributed by atoms with van der Waals surface area (Å²) < 4.78 is 52.3. The van der Waals surface area contributed by atoms with Crippen LogP contribution in [0, 0.1) is 0 Å². The maximum Gasteiger partial charge on any atom is 0.427 e. The highest BCUT2D eigenvalue weighted by Crippen LogP contribution is 2.40. The van der Waals surface area contributed by atoms with Crippen molar-refractivity contribution in [3.63, 3.8) is 0 Å². The number of alkyl halides is 3. The van der Waals surface area contributed by atoms with Gasteiger partial charge in [0, 0.05) is 28.9 Å². The van der Waals surface area contributed by atoms with E-state index < -0.39 is 11.1 Å². The number of nitrogens with one attached hydrogen (secondary N) is 1. The molecule has 2 aromatic carbocycles. The van der Waals surface area contributed by atoms with Crippen LogP contribution < -0.4 is 15.6 Å². The van der Waals surface area contributed by atoms with Gasteiger partial charge in [-0.15, -0.1) is 11.3 Å². The average Bonchev–Trinajstić information content (AvgIpc) is 3.59. The maximum atomic E-state index is 13.8. The molecule has 41 heavy (non-hydrogen) atoms. The van der Waals surface area contributed by atoms with Gasteiger partial charge in [-0.05, 0) is 42.7 Å². The molecule has 2 saturated heterocycles. The molecule has 4 heterocycles. The fraction of sp³-hybridized carbons (Fsp3) is 0.333. The average molecular weight is 606 g/mol. The maximum absolute atomic E-state index is 13.8. The minimum absolute atomic E-state index is 0.0532. The standard InChI is InChI=1S/C27H23ClF3N5O4S/c1-39-25-34-21-9-18(23-32-11-22(41-23)27(29,30)31)20(33-16-6-7-35-17(8-16)13-40-26(35)38)10-19(21)24(37)36(25)12-14-2-4-15(28)5-3-14/h2-5,9-11,16-17,33H,6-8,12-13H2,1H3/t16-,17-/m0/s1. The Balaban J connectivity index is 1.44. The molecule has 2 atom stereocenters. The summed E-state index contributed by atoms with van der Waals surface area (Å²) in [5, 5.41) is 4.36. The Labute approximate surface area is 240 Å². The molecule has 0 saturated carbocycles. The van der Waals surface area contributed by atoms with Crippen molar-refractivity contribution in [3.05, 3.63) is 68.4 Å². The largest absolute Gasteiger partial charge is 0.468 e. The predicted molar refractivity (Wildman–Crippen MR) is 148 cm³/mol. The monoisotopic (exact) mass is 605 g/mol. The van der Waals surface area contributed by atoms with Crippen molar-refractivity contribution in [1.82, 2.24) is 19.4 Å². The highest BCUT2D eigenvalue weighted by Gasteiger charge is 2.38. The SMILES string of the molecule is COc1nc2cc(-c3ncc(C(F)(F)F)s3)c(N[C@H]3CCN4C(=O)OC[C@@H]4C3)cc2c(=O)n1Cc1ccc(Cl)cc1. The Hall–Kier alpha value is -3.84. The molecule has 0 unspecified atom stereocenters. The van der Waals surface area contributed by atoms with Gasteiger partial charge in [0.2, 0.25) is 0 Å². The van der Waals surface area contributed by atoms with E-state index in [0.717, 1.165) is 11.8 Å². The van der Waals surface area contributed by atoms with E-state index in [2.05, 4.69) is 15.3 Å².